The van der Waals surface area contributed by atoms with Crippen LogP contribution in [0.1, 0.15) is 77.2 Å². The molecule has 1 aromatic carbocycles. The molecule has 30 heavy (non-hydrogen) atoms. The Kier molecular flexibility index (Phi) is 5.03. The topological polar surface area (TPSA) is 34.1 Å². The number of carbonyl (C=O) groups excluding carboxylic acids is 2. The summed E-state index contributed by atoms with van der Waals surface area (Å²) >= 11 is 0. The summed E-state index contributed by atoms with van der Waals surface area (Å²) in [4.78, 5) is 25.1. The van der Waals surface area contributed by atoms with E-state index in [2.05, 4.69) is 44.2 Å². The Balaban J connectivity index is 1.43. The largest absolute Gasteiger partial charge is 0.299 e. The predicted octanol–water partition coefficient (Wildman–Crippen LogP) is 6.34. The average Bonchev–Trinajstić information content (AvgIpc) is 3.04. The highest BCUT2D eigenvalue weighted by molar-refractivity contribution is 5.91. The van der Waals surface area contributed by atoms with Crippen LogP contribution >= 0.6 is 0 Å². The molecule has 0 spiro atoms. The van der Waals surface area contributed by atoms with E-state index in [1.165, 1.54) is 30.4 Å². The molecule has 0 saturated heterocycles. The molecule has 4 aliphatic rings. The number of benzene rings is 1. The van der Waals surface area contributed by atoms with Gasteiger partial charge in [0.05, 0.1) is 0 Å². The van der Waals surface area contributed by atoms with E-state index in [4.69, 9.17) is 0 Å². The minimum Gasteiger partial charge on any atom is -0.299 e. The molecule has 2 heteroatoms. The number of allylic oxidation sites excluding steroid dienone is 1. The molecule has 0 amide bonds. The van der Waals surface area contributed by atoms with Crippen LogP contribution in [-0.2, 0) is 16.0 Å². The molecule has 0 heterocycles. The minimum absolute atomic E-state index is 0.0824. The third kappa shape index (κ3) is 3.13. The summed E-state index contributed by atoms with van der Waals surface area (Å²) < 4.78 is 0. The summed E-state index contributed by atoms with van der Waals surface area (Å²) in [5.41, 5.74) is 2.96. The van der Waals surface area contributed by atoms with Crippen molar-refractivity contribution < 1.29 is 9.59 Å². The van der Waals surface area contributed by atoms with Crippen molar-refractivity contribution in [2.75, 3.05) is 0 Å². The highest BCUT2D eigenvalue weighted by atomic mass is 16.1. The van der Waals surface area contributed by atoms with Crippen LogP contribution in [0.15, 0.2) is 42.0 Å². The van der Waals surface area contributed by atoms with Gasteiger partial charge in [0.1, 0.15) is 5.78 Å². The number of fused-ring (bicyclic) bond motifs is 5. The van der Waals surface area contributed by atoms with Crippen molar-refractivity contribution in [2.24, 2.45) is 34.5 Å². The molecule has 0 radical (unpaired) electrons. The van der Waals surface area contributed by atoms with E-state index in [9.17, 15) is 9.59 Å². The first kappa shape index (κ1) is 20.2. The average molecular weight is 405 g/mol. The van der Waals surface area contributed by atoms with E-state index in [1.54, 1.807) is 0 Å². The van der Waals surface area contributed by atoms with Crippen LogP contribution in [0, 0.1) is 34.5 Å². The fourth-order valence-electron chi connectivity index (χ4n) is 7.98. The van der Waals surface area contributed by atoms with E-state index in [0.717, 1.165) is 38.5 Å². The van der Waals surface area contributed by atoms with Crippen molar-refractivity contribution in [3.63, 3.8) is 0 Å². The third-order valence-corrected chi connectivity index (χ3v) is 9.73. The molecule has 160 valence electrons. The first-order valence-corrected chi connectivity index (χ1v) is 12.2. The molecule has 3 fully saturated rings. The molecule has 6 atom stereocenters. The molecular formula is C28H36O2. The molecule has 4 aliphatic carbocycles. The molecule has 3 saturated carbocycles. The number of rotatable bonds is 4. The van der Waals surface area contributed by atoms with Gasteiger partial charge in [0, 0.05) is 18.3 Å². The summed E-state index contributed by atoms with van der Waals surface area (Å²) in [6, 6.07) is 10.8. The fraction of sp³-hybridized carbons (Fsp3) is 0.643. The van der Waals surface area contributed by atoms with Gasteiger partial charge in [-0.05, 0) is 92.1 Å². The third-order valence-electron chi connectivity index (χ3n) is 9.73. The SMILES string of the molecule is C[C@]12CCC(=O)C=C1C[C@H](CCCc1ccccc1)[C@@H]1[C@@H]2CC[C@]2(C)C(=O)CC[C@@H]12. The number of hydrogen-bond acceptors (Lipinski definition) is 2. The second kappa shape index (κ2) is 7.46. The minimum atomic E-state index is -0.0824. The van der Waals surface area contributed by atoms with Gasteiger partial charge in [-0.1, -0.05) is 49.8 Å². The van der Waals surface area contributed by atoms with E-state index in [1.807, 2.05) is 6.08 Å². The lowest BCUT2D eigenvalue weighted by molar-refractivity contribution is -0.135. The van der Waals surface area contributed by atoms with Crippen molar-refractivity contribution in [1.29, 1.82) is 0 Å². The Morgan fingerprint density at radius 3 is 2.50 bits per heavy atom. The van der Waals surface area contributed by atoms with Crippen molar-refractivity contribution in [3.8, 4) is 0 Å². The molecule has 0 N–H and O–H groups in total. The lowest BCUT2D eigenvalue weighted by Gasteiger charge is -2.59. The summed E-state index contributed by atoms with van der Waals surface area (Å²) in [6.07, 6.45) is 12.5. The Labute approximate surface area is 181 Å². The lowest BCUT2D eigenvalue weighted by atomic mass is 9.44. The van der Waals surface area contributed by atoms with Crippen LogP contribution in [0.5, 0.6) is 0 Å². The number of hydrogen-bond donors (Lipinski definition) is 0. The predicted molar refractivity (Wildman–Crippen MR) is 120 cm³/mol. The number of ketones is 2. The van der Waals surface area contributed by atoms with Gasteiger partial charge in [-0.15, -0.1) is 0 Å². The van der Waals surface area contributed by atoms with Crippen LogP contribution in [-0.4, -0.2) is 11.6 Å². The maximum Gasteiger partial charge on any atom is 0.155 e. The van der Waals surface area contributed by atoms with Gasteiger partial charge in [0.15, 0.2) is 5.78 Å². The molecule has 0 aromatic heterocycles. The zero-order valence-electron chi connectivity index (χ0n) is 18.7. The second-order valence-electron chi connectivity index (χ2n) is 11.1. The standard InChI is InChI=1S/C28H36O2/c1-27-15-13-22(29)18-21(27)17-20(10-6-9-19-7-4-3-5-8-19)26-23-11-12-25(30)28(23,2)16-14-24(26)27/h3-5,7-8,18,20,23-24,26H,6,9-17H2,1-2H3/t20-,23-,24-,26-,27-,28-/m0/s1. The molecule has 0 unspecified atom stereocenters. The van der Waals surface area contributed by atoms with E-state index < -0.39 is 0 Å². The molecule has 1 aromatic rings. The quantitative estimate of drug-likeness (QED) is 0.587. The number of Topliss-reactive ketones (excluding diaryl/α,β-unsaturated/α-hetero) is 1. The highest BCUT2D eigenvalue weighted by Gasteiger charge is 2.61. The van der Waals surface area contributed by atoms with Gasteiger partial charge < -0.3 is 0 Å². The Morgan fingerprint density at radius 1 is 0.933 bits per heavy atom. The summed E-state index contributed by atoms with van der Waals surface area (Å²) in [5, 5.41) is 0. The maximum absolute atomic E-state index is 12.9. The Bertz CT molecular complexity index is 868. The van der Waals surface area contributed by atoms with Gasteiger partial charge in [-0.2, -0.15) is 0 Å². The lowest BCUT2D eigenvalue weighted by Crippen LogP contribution is -2.53. The monoisotopic (exact) mass is 404 g/mol. The summed E-state index contributed by atoms with van der Waals surface area (Å²) in [5.74, 6) is 3.35. The van der Waals surface area contributed by atoms with Crippen molar-refractivity contribution in [1.82, 2.24) is 0 Å². The van der Waals surface area contributed by atoms with E-state index in [0.29, 0.717) is 41.7 Å². The molecule has 0 aliphatic heterocycles. The zero-order valence-corrected chi connectivity index (χ0v) is 18.7. The Morgan fingerprint density at radius 2 is 1.70 bits per heavy atom. The van der Waals surface area contributed by atoms with E-state index >= 15 is 0 Å². The summed E-state index contributed by atoms with van der Waals surface area (Å²) in [7, 11) is 0. The Hall–Kier alpha value is -1.70. The zero-order chi connectivity index (χ0) is 20.9. The van der Waals surface area contributed by atoms with Gasteiger partial charge in [-0.3, -0.25) is 9.59 Å². The molecule has 5 rings (SSSR count). The smallest absolute Gasteiger partial charge is 0.155 e. The van der Waals surface area contributed by atoms with Crippen molar-refractivity contribution in [3.05, 3.63) is 47.5 Å². The first-order valence-electron chi connectivity index (χ1n) is 12.2. The van der Waals surface area contributed by atoms with Crippen LogP contribution in [0.4, 0.5) is 0 Å². The van der Waals surface area contributed by atoms with Gasteiger partial charge in [0.2, 0.25) is 0 Å². The fourth-order valence-corrected chi connectivity index (χ4v) is 7.98. The molecule has 2 nitrogen and oxygen atoms in total. The molecular weight excluding hydrogens is 368 g/mol. The van der Waals surface area contributed by atoms with Gasteiger partial charge >= 0.3 is 0 Å². The number of carbonyl (C=O) groups is 2. The van der Waals surface area contributed by atoms with Gasteiger partial charge in [-0.25, -0.2) is 0 Å². The van der Waals surface area contributed by atoms with Crippen LogP contribution < -0.4 is 0 Å². The van der Waals surface area contributed by atoms with Crippen LogP contribution in [0.25, 0.3) is 0 Å². The van der Waals surface area contributed by atoms with Crippen molar-refractivity contribution in [2.45, 2.75) is 78.1 Å². The maximum atomic E-state index is 12.9. The highest BCUT2D eigenvalue weighted by Crippen LogP contribution is 2.66. The first-order chi connectivity index (χ1) is 14.4. The van der Waals surface area contributed by atoms with Crippen molar-refractivity contribution >= 4 is 11.6 Å². The molecule has 0 bridgehead atoms. The normalized spacial score (nSPS) is 40.4. The van der Waals surface area contributed by atoms with Crippen LogP contribution in [0.2, 0.25) is 0 Å². The van der Waals surface area contributed by atoms with Gasteiger partial charge in [0.25, 0.3) is 0 Å². The van der Waals surface area contributed by atoms with Crippen LogP contribution in [0.3, 0.4) is 0 Å². The second-order valence-corrected chi connectivity index (χ2v) is 11.1. The van der Waals surface area contributed by atoms with E-state index in [-0.39, 0.29) is 10.8 Å². The number of aryl methyl sites for hydroxylation is 1. The summed E-state index contributed by atoms with van der Waals surface area (Å²) in [6.45, 7) is 4.73.